The van der Waals surface area contributed by atoms with Crippen LogP contribution in [0.15, 0.2) is 66.2 Å². The van der Waals surface area contributed by atoms with Gasteiger partial charge < -0.3 is 10.2 Å². The maximum atomic E-state index is 12.4. The van der Waals surface area contributed by atoms with Crippen molar-refractivity contribution in [2.75, 3.05) is 0 Å². The summed E-state index contributed by atoms with van der Waals surface area (Å²) in [5, 5.41) is 34.6. The molecule has 1 unspecified atom stereocenters. The van der Waals surface area contributed by atoms with E-state index in [1.165, 1.54) is 25.7 Å². The minimum absolute atomic E-state index is 0.210. The molecule has 0 aromatic heterocycles. The van der Waals surface area contributed by atoms with Crippen molar-refractivity contribution >= 4 is 5.57 Å². The molecule has 3 aromatic carbocycles. The monoisotopic (exact) mass is 591 g/mol. The number of unbranched alkanes of at least 4 members (excludes halogenated alkanes) is 4. The average molecular weight is 592 g/mol. The van der Waals surface area contributed by atoms with E-state index in [0.717, 1.165) is 83.9 Å². The summed E-state index contributed by atoms with van der Waals surface area (Å²) < 4.78 is 0. The van der Waals surface area contributed by atoms with Crippen molar-refractivity contribution in [2.45, 2.75) is 123 Å². The predicted molar refractivity (Wildman–Crippen MR) is 184 cm³/mol. The van der Waals surface area contributed by atoms with Crippen LogP contribution in [0.5, 0.6) is 11.5 Å². The standard InChI is InChI=1S/C41H53NO2/c1-5-7-9-16-25-41(3,4)38-35(28-30-18-12-10-13-19-30)39(43)37(40(44)36(38)29-31-20-14-11-15-21-31)34-27-32(17-8-6-2)22-23-33(34)24-26-42/h10-15,18-21,32,43-44H,5-9,16-17,22-25,27-29H2,1-4H3. The molecule has 0 bridgehead atoms. The Bertz CT molecular complexity index is 1360. The smallest absolute Gasteiger partial charge is 0.130 e. The predicted octanol–water partition coefficient (Wildman–Crippen LogP) is 11.2. The lowest BCUT2D eigenvalue weighted by molar-refractivity contribution is 0.404. The van der Waals surface area contributed by atoms with Gasteiger partial charge in [-0.25, -0.2) is 0 Å². The Morgan fingerprint density at radius 3 is 1.89 bits per heavy atom. The molecular formula is C41H53NO2. The lowest BCUT2D eigenvalue weighted by atomic mass is 9.70. The first kappa shape index (κ1) is 33.4. The van der Waals surface area contributed by atoms with Crippen LogP contribution < -0.4 is 0 Å². The maximum absolute atomic E-state index is 12.4. The van der Waals surface area contributed by atoms with Crippen molar-refractivity contribution in [3.63, 3.8) is 0 Å². The topological polar surface area (TPSA) is 64.2 Å². The second-order valence-electron chi connectivity index (χ2n) is 13.6. The molecule has 1 atom stereocenters. The molecule has 0 heterocycles. The zero-order valence-corrected chi connectivity index (χ0v) is 27.6. The first-order valence-electron chi connectivity index (χ1n) is 17.1. The SMILES string of the molecule is CCCCCCC(C)(C)c1c(Cc2ccccc2)c(O)c(C2=C(CC#N)CCC(CCCC)C2)c(O)c1Cc1ccccc1. The summed E-state index contributed by atoms with van der Waals surface area (Å²) >= 11 is 0. The number of aromatic hydroxyl groups is 2. The molecule has 234 valence electrons. The summed E-state index contributed by atoms with van der Waals surface area (Å²) in [6, 6.07) is 23.2. The van der Waals surface area contributed by atoms with Crippen LogP contribution in [-0.4, -0.2) is 10.2 Å². The Labute approximate surface area is 266 Å². The molecule has 1 aliphatic carbocycles. The molecule has 0 saturated carbocycles. The lowest BCUT2D eigenvalue weighted by Crippen LogP contribution is -2.23. The third-order valence-electron chi connectivity index (χ3n) is 9.76. The molecule has 0 aliphatic heterocycles. The van der Waals surface area contributed by atoms with Gasteiger partial charge in [0.05, 0.1) is 18.1 Å². The molecule has 3 nitrogen and oxygen atoms in total. The number of benzene rings is 3. The van der Waals surface area contributed by atoms with Crippen LogP contribution in [0.25, 0.3) is 5.57 Å². The highest BCUT2D eigenvalue weighted by atomic mass is 16.3. The number of nitriles is 1. The Morgan fingerprint density at radius 2 is 1.36 bits per heavy atom. The zero-order valence-electron chi connectivity index (χ0n) is 27.6. The van der Waals surface area contributed by atoms with Gasteiger partial charge >= 0.3 is 0 Å². The van der Waals surface area contributed by atoms with Crippen LogP contribution in [0.2, 0.25) is 0 Å². The molecule has 44 heavy (non-hydrogen) atoms. The van der Waals surface area contributed by atoms with E-state index in [1.54, 1.807) is 0 Å². The van der Waals surface area contributed by atoms with Crippen molar-refractivity contribution in [1.29, 1.82) is 5.26 Å². The van der Waals surface area contributed by atoms with Crippen LogP contribution in [0, 0.1) is 17.2 Å². The molecular weight excluding hydrogens is 538 g/mol. The maximum Gasteiger partial charge on any atom is 0.130 e. The number of phenols is 2. The third-order valence-corrected chi connectivity index (χ3v) is 9.76. The summed E-state index contributed by atoms with van der Waals surface area (Å²) in [6.45, 7) is 9.05. The Balaban J connectivity index is 1.99. The van der Waals surface area contributed by atoms with Gasteiger partial charge in [-0.15, -0.1) is 0 Å². The first-order valence-corrected chi connectivity index (χ1v) is 17.1. The van der Waals surface area contributed by atoms with E-state index in [0.29, 0.717) is 30.7 Å². The number of hydrogen-bond donors (Lipinski definition) is 2. The van der Waals surface area contributed by atoms with E-state index < -0.39 is 0 Å². The van der Waals surface area contributed by atoms with Crippen LogP contribution in [0.4, 0.5) is 0 Å². The number of hydrogen-bond acceptors (Lipinski definition) is 3. The molecule has 0 fully saturated rings. The number of rotatable bonds is 15. The van der Waals surface area contributed by atoms with Crippen molar-refractivity contribution in [1.82, 2.24) is 0 Å². The molecule has 0 spiro atoms. The minimum atomic E-state index is -0.254. The fourth-order valence-corrected chi connectivity index (χ4v) is 7.37. The van der Waals surface area contributed by atoms with Gasteiger partial charge in [0.25, 0.3) is 0 Å². The number of phenolic OH excluding ortho intramolecular Hbond substituents is 2. The van der Waals surface area contributed by atoms with Gasteiger partial charge in [0, 0.05) is 24.0 Å². The van der Waals surface area contributed by atoms with Gasteiger partial charge in [-0.05, 0) is 59.3 Å². The number of allylic oxidation sites excluding steroid dienone is 2. The Hall–Kier alpha value is -3.51. The lowest BCUT2D eigenvalue weighted by Gasteiger charge is -2.35. The first-order chi connectivity index (χ1) is 21.3. The molecule has 1 aliphatic rings. The van der Waals surface area contributed by atoms with Crippen molar-refractivity contribution in [3.8, 4) is 17.6 Å². The van der Waals surface area contributed by atoms with Crippen molar-refractivity contribution in [2.24, 2.45) is 5.92 Å². The summed E-state index contributed by atoms with van der Waals surface area (Å²) in [7, 11) is 0. The van der Waals surface area contributed by atoms with Crippen LogP contribution in [-0.2, 0) is 18.3 Å². The minimum Gasteiger partial charge on any atom is -0.507 e. The fourth-order valence-electron chi connectivity index (χ4n) is 7.37. The van der Waals surface area contributed by atoms with Gasteiger partial charge in [-0.1, -0.05) is 139 Å². The second-order valence-corrected chi connectivity index (χ2v) is 13.6. The van der Waals surface area contributed by atoms with Gasteiger partial charge in [0.2, 0.25) is 0 Å². The summed E-state index contributed by atoms with van der Waals surface area (Å²) in [5.74, 6) is 0.916. The van der Waals surface area contributed by atoms with E-state index in [9.17, 15) is 15.5 Å². The molecule has 0 amide bonds. The summed E-state index contributed by atoms with van der Waals surface area (Å²) in [5.41, 5.74) is 7.63. The van der Waals surface area contributed by atoms with Gasteiger partial charge in [-0.2, -0.15) is 5.26 Å². The van der Waals surface area contributed by atoms with Gasteiger partial charge in [0.15, 0.2) is 0 Å². The molecule has 3 heteroatoms. The molecule has 0 saturated heterocycles. The molecule has 2 N–H and O–H groups in total. The molecule has 0 radical (unpaired) electrons. The highest BCUT2D eigenvalue weighted by Crippen LogP contribution is 2.52. The molecule has 4 rings (SSSR count). The van der Waals surface area contributed by atoms with E-state index in [-0.39, 0.29) is 16.9 Å². The summed E-state index contributed by atoms with van der Waals surface area (Å²) in [4.78, 5) is 0. The Kier molecular flexibility index (Phi) is 12.1. The van der Waals surface area contributed by atoms with E-state index in [1.807, 2.05) is 12.1 Å². The highest BCUT2D eigenvalue weighted by molar-refractivity contribution is 5.82. The van der Waals surface area contributed by atoms with Crippen LogP contribution >= 0.6 is 0 Å². The van der Waals surface area contributed by atoms with E-state index in [4.69, 9.17) is 0 Å². The van der Waals surface area contributed by atoms with Crippen LogP contribution in [0.3, 0.4) is 0 Å². The van der Waals surface area contributed by atoms with Gasteiger partial charge in [0.1, 0.15) is 11.5 Å². The van der Waals surface area contributed by atoms with E-state index in [2.05, 4.69) is 82.3 Å². The average Bonchev–Trinajstić information content (AvgIpc) is 3.02. The zero-order chi connectivity index (χ0) is 31.5. The summed E-state index contributed by atoms with van der Waals surface area (Å²) in [6.07, 6.45) is 13.4. The third kappa shape index (κ3) is 8.15. The largest absolute Gasteiger partial charge is 0.507 e. The van der Waals surface area contributed by atoms with Crippen molar-refractivity contribution in [3.05, 3.63) is 99.6 Å². The Morgan fingerprint density at radius 1 is 0.795 bits per heavy atom. The second kappa shape index (κ2) is 16.0. The quantitative estimate of drug-likeness (QED) is 0.173. The molecule has 3 aromatic rings. The van der Waals surface area contributed by atoms with E-state index >= 15 is 0 Å². The highest BCUT2D eigenvalue weighted by Gasteiger charge is 2.35. The normalized spacial score (nSPS) is 15.4. The van der Waals surface area contributed by atoms with Crippen molar-refractivity contribution < 1.29 is 10.2 Å². The van der Waals surface area contributed by atoms with Gasteiger partial charge in [-0.3, -0.25) is 0 Å². The fraction of sp³-hybridized carbons (Fsp3) is 0.488. The number of nitrogens with zero attached hydrogens (tertiary/aromatic N) is 1. The van der Waals surface area contributed by atoms with Crippen LogP contribution in [0.1, 0.15) is 138 Å².